The molecule has 3 fully saturated rings. The maximum Gasteiger partial charge on any atom is 0.332 e. The monoisotopic (exact) mass is 338 g/mol. The first kappa shape index (κ1) is 17.2. The van der Waals surface area contributed by atoms with Crippen molar-refractivity contribution in [3.05, 3.63) is 0 Å². The van der Waals surface area contributed by atoms with Crippen molar-refractivity contribution in [2.45, 2.75) is 57.2 Å². The summed E-state index contributed by atoms with van der Waals surface area (Å²) in [5.74, 6) is -0.494. The van der Waals surface area contributed by atoms with E-state index in [1.54, 1.807) is 4.90 Å². The lowest BCUT2D eigenvalue weighted by atomic mass is 9.92. The molecule has 7 heteroatoms. The second kappa shape index (κ2) is 7.51. The zero-order valence-corrected chi connectivity index (χ0v) is 14.0. The van der Waals surface area contributed by atoms with Crippen LogP contribution < -0.4 is 0 Å². The van der Waals surface area contributed by atoms with E-state index in [0.29, 0.717) is 38.3 Å². The van der Waals surface area contributed by atoms with E-state index in [2.05, 4.69) is 0 Å². The predicted molar refractivity (Wildman–Crippen MR) is 85.3 cm³/mol. The van der Waals surface area contributed by atoms with Crippen LogP contribution >= 0.6 is 0 Å². The van der Waals surface area contributed by atoms with Crippen molar-refractivity contribution in [1.82, 2.24) is 9.80 Å². The minimum atomic E-state index is -0.996. The van der Waals surface area contributed by atoms with Crippen LogP contribution in [0, 0.1) is 5.92 Å². The Morgan fingerprint density at radius 3 is 2.08 bits per heavy atom. The highest BCUT2D eigenvalue weighted by molar-refractivity contribution is 5.83. The van der Waals surface area contributed by atoms with Gasteiger partial charge in [-0.25, -0.2) is 4.79 Å². The number of piperidine rings is 1. The molecule has 0 aliphatic carbocycles. The van der Waals surface area contributed by atoms with Crippen molar-refractivity contribution in [3.8, 4) is 0 Å². The number of amides is 2. The van der Waals surface area contributed by atoms with Gasteiger partial charge in [-0.15, -0.1) is 0 Å². The maximum atomic E-state index is 12.4. The Morgan fingerprint density at radius 2 is 1.50 bits per heavy atom. The van der Waals surface area contributed by atoms with Crippen LogP contribution in [0.1, 0.15) is 44.9 Å². The smallest absolute Gasteiger partial charge is 0.332 e. The molecule has 3 heterocycles. The van der Waals surface area contributed by atoms with Gasteiger partial charge in [0.2, 0.25) is 5.91 Å². The van der Waals surface area contributed by atoms with Crippen molar-refractivity contribution in [3.63, 3.8) is 0 Å². The Bertz CT molecular complexity index is 495. The average molecular weight is 338 g/mol. The van der Waals surface area contributed by atoms with Gasteiger partial charge < -0.3 is 19.6 Å². The van der Waals surface area contributed by atoms with Crippen LogP contribution in [-0.4, -0.2) is 71.1 Å². The molecule has 0 bridgehead atoms. The molecule has 24 heavy (non-hydrogen) atoms. The van der Waals surface area contributed by atoms with E-state index in [4.69, 9.17) is 9.84 Å². The summed E-state index contributed by atoms with van der Waals surface area (Å²) >= 11 is 0. The molecule has 2 amide bonds. The molecule has 0 aromatic carbocycles. The van der Waals surface area contributed by atoms with Crippen molar-refractivity contribution < 1.29 is 24.2 Å². The number of likely N-dealkylation sites (tertiary alicyclic amines) is 2. The standard InChI is InChI=1S/C17H26N2O5/c20-15(18-7-1-2-8-18)11-12-5-9-19(10-6-12)16(21)13-3-4-14(24-13)17(22)23/h12-14H,1-11H2,(H,22,23)/t13-,14+/m0/s1. The summed E-state index contributed by atoms with van der Waals surface area (Å²) in [6.45, 7) is 3.04. The molecule has 134 valence electrons. The lowest BCUT2D eigenvalue weighted by Crippen LogP contribution is -2.44. The average Bonchev–Trinajstić information content (AvgIpc) is 3.26. The van der Waals surface area contributed by atoms with Gasteiger partial charge in [0.25, 0.3) is 5.91 Å². The molecular formula is C17H26N2O5. The van der Waals surface area contributed by atoms with Crippen molar-refractivity contribution in [2.24, 2.45) is 5.92 Å². The molecule has 3 saturated heterocycles. The molecule has 0 aromatic rings. The topological polar surface area (TPSA) is 87.2 Å². The minimum absolute atomic E-state index is 0.0944. The summed E-state index contributed by atoms with van der Waals surface area (Å²) in [7, 11) is 0. The van der Waals surface area contributed by atoms with Gasteiger partial charge >= 0.3 is 5.97 Å². The molecule has 3 rings (SSSR count). The Hall–Kier alpha value is -1.63. The van der Waals surface area contributed by atoms with Crippen LogP contribution in [0.15, 0.2) is 0 Å². The second-order valence-electron chi connectivity index (χ2n) is 7.09. The quantitative estimate of drug-likeness (QED) is 0.822. The predicted octanol–water partition coefficient (Wildman–Crippen LogP) is 0.870. The van der Waals surface area contributed by atoms with E-state index in [1.807, 2.05) is 4.90 Å². The van der Waals surface area contributed by atoms with E-state index in [1.165, 1.54) is 0 Å². The Balaban J connectivity index is 1.42. The third kappa shape index (κ3) is 3.88. The normalized spacial score (nSPS) is 28.3. The number of hydrogen-bond donors (Lipinski definition) is 1. The van der Waals surface area contributed by atoms with Crippen LogP contribution in [-0.2, 0) is 19.1 Å². The van der Waals surface area contributed by atoms with Crippen LogP contribution in [0.4, 0.5) is 0 Å². The zero-order valence-electron chi connectivity index (χ0n) is 14.0. The molecule has 0 radical (unpaired) electrons. The molecule has 2 atom stereocenters. The maximum absolute atomic E-state index is 12.4. The van der Waals surface area contributed by atoms with E-state index >= 15 is 0 Å². The van der Waals surface area contributed by atoms with Gasteiger partial charge in [-0.05, 0) is 44.4 Å². The number of carboxylic acids is 1. The van der Waals surface area contributed by atoms with Crippen molar-refractivity contribution >= 4 is 17.8 Å². The second-order valence-corrected chi connectivity index (χ2v) is 7.09. The molecule has 0 spiro atoms. The number of hydrogen-bond acceptors (Lipinski definition) is 4. The minimum Gasteiger partial charge on any atom is -0.479 e. The van der Waals surface area contributed by atoms with Crippen LogP contribution in [0.5, 0.6) is 0 Å². The van der Waals surface area contributed by atoms with Crippen LogP contribution in [0.25, 0.3) is 0 Å². The fourth-order valence-electron chi connectivity index (χ4n) is 3.90. The van der Waals surface area contributed by atoms with Gasteiger partial charge in [-0.2, -0.15) is 0 Å². The zero-order chi connectivity index (χ0) is 17.1. The number of aliphatic carboxylic acids is 1. The van der Waals surface area contributed by atoms with Crippen LogP contribution in [0.2, 0.25) is 0 Å². The molecule has 7 nitrogen and oxygen atoms in total. The summed E-state index contributed by atoms with van der Waals surface area (Å²) in [5.41, 5.74) is 0. The number of ether oxygens (including phenoxy) is 1. The summed E-state index contributed by atoms with van der Waals surface area (Å²) in [6, 6.07) is 0. The Labute approximate surface area is 141 Å². The number of nitrogens with zero attached hydrogens (tertiary/aromatic N) is 2. The lowest BCUT2D eigenvalue weighted by Gasteiger charge is -2.33. The van der Waals surface area contributed by atoms with Gasteiger partial charge in [-0.1, -0.05) is 0 Å². The van der Waals surface area contributed by atoms with E-state index in [-0.39, 0.29) is 11.8 Å². The summed E-state index contributed by atoms with van der Waals surface area (Å²) in [6.07, 6.45) is 3.87. The number of rotatable bonds is 4. The number of carboxylic acid groups (broad SMARTS) is 1. The number of carbonyl (C=O) groups is 3. The highest BCUT2D eigenvalue weighted by Crippen LogP contribution is 2.26. The fourth-order valence-corrected chi connectivity index (χ4v) is 3.90. The Morgan fingerprint density at radius 1 is 0.875 bits per heavy atom. The van der Waals surface area contributed by atoms with E-state index in [0.717, 1.165) is 38.8 Å². The number of carbonyl (C=O) groups excluding carboxylic acids is 2. The van der Waals surface area contributed by atoms with Gasteiger partial charge in [0.05, 0.1) is 0 Å². The third-order valence-electron chi connectivity index (χ3n) is 5.42. The third-order valence-corrected chi connectivity index (χ3v) is 5.42. The first-order valence-corrected chi connectivity index (χ1v) is 8.99. The summed E-state index contributed by atoms with van der Waals surface area (Å²) in [5, 5.41) is 8.95. The molecule has 0 aromatic heterocycles. The largest absolute Gasteiger partial charge is 0.479 e. The van der Waals surface area contributed by atoms with Crippen molar-refractivity contribution in [1.29, 1.82) is 0 Å². The molecular weight excluding hydrogens is 312 g/mol. The molecule has 0 unspecified atom stereocenters. The highest BCUT2D eigenvalue weighted by atomic mass is 16.5. The molecule has 1 N–H and O–H groups in total. The first-order chi connectivity index (χ1) is 11.5. The molecule has 3 aliphatic heterocycles. The SMILES string of the molecule is O=C(O)[C@H]1CC[C@@H](C(=O)N2CCC(CC(=O)N3CCCC3)CC2)O1. The van der Waals surface area contributed by atoms with E-state index in [9.17, 15) is 14.4 Å². The summed E-state index contributed by atoms with van der Waals surface area (Å²) < 4.78 is 5.35. The fraction of sp³-hybridized carbons (Fsp3) is 0.824. The Kier molecular flexibility index (Phi) is 5.38. The van der Waals surface area contributed by atoms with Gasteiger partial charge in [0, 0.05) is 32.6 Å². The first-order valence-electron chi connectivity index (χ1n) is 8.99. The molecule has 3 aliphatic rings. The van der Waals surface area contributed by atoms with Crippen LogP contribution in [0.3, 0.4) is 0 Å². The highest BCUT2D eigenvalue weighted by Gasteiger charge is 2.38. The molecule has 0 saturated carbocycles. The van der Waals surface area contributed by atoms with Crippen molar-refractivity contribution in [2.75, 3.05) is 26.2 Å². The van der Waals surface area contributed by atoms with Gasteiger partial charge in [0.15, 0.2) is 6.10 Å². The lowest BCUT2D eigenvalue weighted by molar-refractivity contribution is -0.155. The van der Waals surface area contributed by atoms with Gasteiger partial charge in [0.1, 0.15) is 6.10 Å². The summed E-state index contributed by atoms with van der Waals surface area (Å²) in [4.78, 5) is 39.3. The van der Waals surface area contributed by atoms with Gasteiger partial charge in [-0.3, -0.25) is 9.59 Å². The van der Waals surface area contributed by atoms with E-state index < -0.39 is 18.2 Å².